The average Bonchev–Trinajstić information content (AvgIpc) is 2.71. The molecule has 0 aliphatic carbocycles. The Morgan fingerprint density at radius 2 is 1.87 bits per heavy atom. The van der Waals surface area contributed by atoms with E-state index < -0.39 is 18.0 Å². The molecule has 0 bridgehead atoms. The zero-order valence-corrected chi connectivity index (χ0v) is 18.1. The van der Waals surface area contributed by atoms with Crippen molar-refractivity contribution < 1.29 is 23.9 Å². The number of para-hydroxylation sites is 2. The van der Waals surface area contributed by atoms with E-state index in [-0.39, 0.29) is 46.2 Å². The van der Waals surface area contributed by atoms with Crippen molar-refractivity contribution in [2.24, 2.45) is 0 Å². The third kappa shape index (κ3) is 5.16. The van der Waals surface area contributed by atoms with Gasteiger partial charge in [-0.25, -0.2) is 0 Å². The number of benzene rings is 2. The molecule has 3 rings (SSSR count). The number of fused-ring (bicyclic) bond motifs is 1. The summed E-state index contributed by atoms with van der Waals surface area (Å²) in [6.45, 7) is 1.42. The van der Waals surface area contributed by atoms with Gasteiger partial charge in [-0.3, -0.25) is 14.4 Å². The van der Waals surface area contributed by atoms with Gasteiger partial charge in [-0.15, -0.1) is 0 Å². The molecule has 10 heteroatoms. The number of hydrogen-bond donors (Lipinski definition) is 1. The molecule has 158 valence electrons. The Bertz CT molecular complexity index is 998. The Kier molecular flexibility index (Phi) is 7.07. The van der Waals surface area contributed by atoms with Crippen molar-refractivity contribution in [1.29, 1.82) is 0 Å². The van der Waals surface area contributed by atoms with E-state index in [2.05, 4.69) is 5.32 Å². The van der Waals surface area contributed by atoms with Crippen molar-refractivity contribution in [2.75, 3.05) is 23.4 Å². The molecule has 0 saturated heterocycles. The first-order chi connectivity index (χ1) is 14.3. The van der Waals surface area contributed by atoms with Crippen LogP contribution in [-0.2, 0) is 19.1 Å². The molecule has 2 aromatic rings. The van der Waals surface area contributed by atoms with Gasteiger partial charge in [-0.05, 0) is 31.2 Å². The summed E-state index contributed by atoms with van der Waals surface area (Å²) in [7, 11) is 0. The third-order valence-electron chi connectivity index (χ3n) is 4.29. The second-order valence-corrected chi connectivity index (χ2v) is 7.64. The van der Waals surface area contributed by atoms with E-state index in [0.717, 1.165) is 0 Å². The van der Waals surface area contributed by atoms with Gasteiger partial charge < -0.3 is 19.7 Å². The van der Waals surface area contributed by atoms with Crippen LogP contribution in [0.1, 0.15) is 13.3 Å². The average molecular weight is 472 g/mol. The standard InChI is InChI=1S/C20H17Cl3N2O5/c1-11(20(28)24-15-9-13(22)12(21)8-14(15)23)30-19(27)6-7-25-16-4-2-3-5-17(16)29-10-18(25)26/h2-5,8-9,11H,6-7,10H2,1H3,(H,24,28). The first-order valence-corrected chi connectivity index (χ1v) is 10.1. The summed E-state index contributed by atoms with van der Waals surface area (Å²) < 4.78 is 10.5. The van der Waals surface area contributed by atoms with E-state index >= 15 is 0 Å². The minimum absolute atomic E-state index is 0.0920. The van der Waals surface area contributed by atoms with Gasteiger partial charge in [-0.2, -0.15) is 0 Å². The van der Waals surface area contributed by atoms with Crippen molar-refractivity contribution in [1.82, 2.24) is 0 Å². The topological polar surface area (TPSA) is 84.9 Å². The van der Waals surface area contributed by atoms with Gasteiger partial charge in [-0.1, -0.05) is 46.9 Å². The highest BCUT2D eigenvalue weighted by Gasteiger charge is 2.26. The number of nitrogens with one attached hydrogen (secondary N) is 1. The fourth-order valence-electron chi connectivity index (χ4n) is 2.76. The molecule has 2 aromatic carbocycles. The lowest BCUT2D eigenvalue weighted by atomic mass is 10.2. The molecule has 1 aliphatic rings. The maximum Gasteiger partial charge on any atom is 0.308 e. The Labute approximate surface area is 187 Å². The zero-order chi connectivity index (χ0) is 21.8. The van der Waals surface area contributed by atoms with Gasteiger partial charge in [0.2, 0.25) is 0 Å². The number of ether oxygens (including phenoxy) is 2. The summed E-state index contributed by atoms with van der Waals surface area (Å²) in [4.78, 5) is 38.1. The summed E-state index contributed by atoms with van der Waals surface area (Å²) >= 11 is 17.8. The lowest BCUT2D eigenvalue weighted by Crippen LogP contribution is -2.40. The number of anilines is 2. The number of carbonyl (C=O) groups is 3. The van der Waals surface area contributed by atoms with Crippen LogP contribution in [0.2, 0.25) is 15.1 Å². The number of halogens is 3. The summed E-state index contributed by atoms with van der Waals surface area (Å²) in [5.41, 5.74) is 0.830. The van der Waals surface area contributed by atoms with Crippen LogP contribution in [-0.4, -0.2) is 37.0 Å². The Balaban J connectivity index is 1.55. The molecular formula is C20H17Cl3N2O5. The summed E-state index contributed by atoms with van der Waals surface area (Å²) in [5.74, 6) is -0.913. The number of nitrogens with zero attached hydrogens (tertiary/aromatic N) is 1. The maximum absolute atomic E-state index is 12.3. The van der Waals surface area contributed by atoms with Crippen LogP contribution in [0.3, 0.4) is 0 Å². The Morgan fingerprint density at radius 1 is 1.17 bits per heavy atom. The zero-order valence-electron chi connectivity index (χ0n) is 15.8. The van der Waals surface area contributed by atoms with Crippen molar-refractivity contribution >= 4 is 64.0 Å². The lowest BCUT2D eigenvalue weighted by Gasteiger charge is -2.29. The molecule has 0 saturated carbocycles. The summed E-state index contributed by atoms with van der Waals surface area (Å²) in [5, 5.41) is 3.20. The van der Waals surface area contributed by atoms with Crippen LogP contribution in [0.25, 0.3) is 0 Å². The molecule has 30 heavy (non-hydrogen) atoms. The third-order valence-corrected chi connectivity index (χ3v) is 5.33. The SMILES string of the molecule is CC(OC(=O)CCN1C(=O)COc2ccccc21)C(=O)Nc1cc(Cl)c(Cl)cc1Cl. The molecule has 0 fully saturated rings. The molecule has 1 atom stereocenters. The van der Waals surface area contributed by atoms with E-state index in [1.165, 1.54) is 24.0 Å². The van der Waals surface area contributed by atoms with Crippen molar-refractivity contribution in [3.63, 3.8) is 0 Å². The van der Waals surface area contributed by atoms with Gasteiger partial charge >= 0.3 is 5.97 Å². The predicted octanol–water partition coefficient (Wildman–Crippen LogP) is 4.33. The molecule has 1 N–H and O–H groups in total. The molecule has 7 nitrogen and oxygen atoms in total. The van der Waals surface area contributed by atoms with Crippen molar-refractivity contribution in [2.45, 2.75) is 19.4 Å². The molecule has 0 spiro atoms. The quantitative estimate of drug-likeness (QED) is 0.501. The first-order valence-electron chi connectivity index (χ1n) is 8.93. The summed E-state index contributed by atoms with van der Waals surface area (Å²) in [6, 6.07) is 9.84. The molecular weight excluding hydrogens is 455 g/mol. The van der Waals surface area contributed by atoms with Crippen LogP contribution >= 0.6 is 34.8 Å². The van der Waals surface area contributed by atoms with Gasteiger partial charge in [0.15, 0.2) is 12.7 Å². The number of hydrogen-bond acceptors (Lipinski definition) is 5. The number of carbonyl (C=O) groups excluding carboxylic acids is 3. The van der Waals surface area contributed by atoms with E-state index in [1.54, 1.807) is 24.3 Å². The molecule has 1 heterocycles. The fourth-order valence-corrected chi connectivity index (χ4v) is 3.36. The van der Waals surface area contributed by atoms with Crippen LogP contribution in [0.5, 0.6) is 5.75 Å². The lowest BCUT2D eigenvalue weighted by molar-refractivity contribution is -0.153. The highest BCUT2D eigenvalue weighted by molar-refractivity contribution is 6.44. The smallest absolute Gasteiger partial charge is 0.308 e. The monoisotopic (exact) mass is 470 g/mol. The minimum atomic E-state index is -1.09. The predicted molar refractivity (Wildman–Crippen MR) is 115 cm³/mol. The maximum atomic E-state index is 12.3. The van der Waals surface area contributed by atoms with Crippen molar-refractivity contribution in [3.05, 3.63) is 51.5 Å². The van der Waals surface area contributed by atoms with E-state index in [1.807, 2.05) is 0 Å². The molecule has 2 amide bonds. The minimum Gasteiger partial charge on any atom is -0.482 e. The highest BCUT2D eigenvalue weighted by atomic mass is 35.5. The van der Waals surface area contributed by atoms with Gasteiger partial charge in [0.25, 0.3) is 11.8 Å². The van der Waals surface area contributed by atoms with Gasteiger partial charge in [0, 0.05) is 6.54 Å². The molecule has 1 aliphatic heterocycles. The van der Waals surface area contributed by atoms with E-state index in [9.17, 15) is 14.4 Å². The Morgan fingerprint density at radius 3 is 2.63 bits per heavy atom. The van der Waals surface area contributed by atoms with Crippen LogP contribution in [0.4, 0.5) is 11.4 Å². The van der Waals surface area contributed by atoms with Gasteiger partial charge in [0.05, 0.1) is 32.9 Å². The van der Waals surface area contributed by atoms with Gasteiger partial charge in [0.1, 0.15) is 5.75 Å². The second kappa shape index (κ2) is 9.55. The summed E-state index contributed by atoms with van der Waals surface area (Å²) in [6.07, 6.45) is -1.18. The largest absolute Gasteiger partial charge is 0.482 e. The first kappa shape index (κ1) is 22.2. The second-order valence-electron chi connectivity index (χ2n) is 6.42. The van der Waals surface area contributed by atoms with Crippen LogP contribution < -0.4 is 15.0 Å². The normalized spacial score (nSPS) is 13.9. The number of esters is 1. The molecule has 1 unspecified atom stereocenters. The number of amides is 2. The van der Waals surface area contributed by atoms with E-state index in [4.69, 9.17) is 44.3 Å². The Hall–Kier alpha value is -2.48. The molecule has 0 radical (unpaired) electrons. The fraction of sp³-hybridized carbons (Fsp3) is 0.250. The number of rotatable bonds is 6. The van der Waals surface area contributed by atoms with E-state index in [0.29, 0.717) is 11.4 Å². The van der Waals surface area contributed by atoms with Crippen LogP contribution in [0.15, 0.2) is 36.4 Å². The molecule has 0 aromatic heterocycles. The van der Waals surface area contributed by atoms with Crippen molar-refractivity contribution in [3.8, 4) is 5.75 Å². The highest BCUT2D eigenvalue weighted by Crippen LogP contribution is 2.33. The van der Waals surface area contributed by atoms with Crippen LogP contribution in [0, 0.1) is 0 Å².